The van der Waals surface area contributed by atoms with Crippen molar-refractivity contribution in [3.8, 4) is 5.75 Å². The highest BCUT2D eigenvalue weighted by molar-refractivity contribution is 5.89. The van der Waals surface area contributed by atoms with E-state index in [1.807, 2.05) is 66.7 Å². The average Bonchev–Trinajstić information content (AvgIpc) is 3.10. The van der Waals surface area contributed by atoms with E-state index in [1.54, 1.807) is 36.4 Å². The lowest BCUT2D eigenvalue weighted by atomic mass is 9.86. The fourth-order valence-electron chi connectivity index (χ4n) is 6.01. The summed E-state index contributed by atoms with van der Waals surface area (Å²) in [6, 6.07) is 31.1. The van der Waals surface area contributed by atoms with Crippen molar-refractivity contribution < 1.29 is 28.6 Å². The van der Waals surface area contributed by atoms with Crippen molar-refractivity contribution in [3.05, 3.63) is 137 Å². The molecule has 230 valence electrons. The molecule has 3 fully saturated rings. The molecule has 4 aromatic rings. The monoisotopic (exact) mass is 604 g/mol. The molecule has 0 spiro atoms. The molecule has 45 heavy (non-hydrogen) atoms. The Balaban J connectivity index is 1.07. The zero-order chi connectivity index (χ0) is 31.0. The predicted octanol–water partition coefficient (Wildman–Crippen LogP) is 6.34. The smallest absolute Gasteiger partial charge is 0.408 e. The van der Waals surface area contributed by atoms with Gasteiger partial charge in [-0.1, -0.05) is 72.8 Å². The first-order valence-electron chi connectivity index (χ1n) is 15.3. The Bertz CT molecular complexity index is 1620. The van der Waals surface area contributed by atoms with Crippen LogP contribution in [-0.4, -0.2) is 49.0 Å². The number of carbonyl (C=O) groups excluding carboxylic acids is 3. The van der Waals surface area contributed by atoms with Gasteiger partial charge in [-0.2, -0.15) is 0 Å². The van der Waals surface area contributed by atoms with Crippen molar-refractivity contribution in [2.75, 3.05) is 19.6 Å². The third-order valence-electron chi connectivity index (χ3n) is 8.49. The predicted molar refractivity (Wildman–Crippen MR) is 169 cm³/mol. The van der Waals surface area contributed by atoms with Crippen molar-refractivity contribution in [1.82, 2.24) is 10.2 Å². The lowest BCUT2D eigenvalue weighted by molar-refractivity contribution is -0.0336. The summed E-state index contributed by atoms with van der Waals surface area (Å²) in [7, 11) is 0. The first-order chi connectivity index (χ1) is 22.0. The number of hydrogen-bond acceptors (Lipinski definition) is 7. The summed E-state index contributed by atoms with van der Waals surface area (Å²) in [5.41, 5.74) is 4.41. The number of amides is 1. The Kier molecular flexibility index (Phi) is 9.51. The van der Waals surface area contributed by atoms with Crippen LogP contribution >= 0.6 is 0 Å². The van der Waals surface area contributed by atoms with E-state index < -0.39 is 18.1 Å². The number of hydrogen-bond donors (Lipinski definition) is 1. The van der Waals surface area contributed by atoms with Gasteiger partial charge in [0.1, 0.15) is 31.4 Å². The van der Waals surface area contributed by atoms with Gasteiger partial charge in [0, 0.05) is 12.1 Å². The molecule has 0 radical (unpaired) electrons. The highest BCUT2D eigenvalue weighted by atomic mass is 16.6. The zero-order valence-corrected chi connectivity index (χ0v) is 25.0. The second-order valence-corrected chi connectivity index (χ2v) is 11.6. The molecule has 1 unspecified atom stereocenters. The van der Waals surface area contributed by atoms with Crippen LogP contribution in [0.2, 0.25) is 0 Å². The standard InChI is InChI=1S/C37H36N2O6/c40-23-27-6-4-7-28(20-27)25-44-36(41)31-14-12-26(13-15-31)24-43-33-11-5-10-32(21-33)35(30-8-2-1-3-9-30)38-37(42)45-34-22-39-18-16-29(34)17-19-39/h1-15,20-21,23,29,34-35H,16-19,22,24-25H2,(H,38,42)/t34?,35-/m0/s1. The van der Waals surface area contributed by atoms with Gasteiger partial charge in [-0.25, -0.2) is 9.59 Å². The van der Waals surface area contributed by atoms with Crippen LogP contribution in [0.15, 0.2) is 103 Å². The minimum atomic E-state index is -0.446. The Hall–Kier alpha value is -4.95. The van der Waals surface area contributed by atoms with E-state index in [9.17, 15) is 14.4 Å². The Labute approximate surface area is 262 Å². The van der Waals surface area contributed by atoms with Crippen molar-refractivity contribution in [2.24, 2.45) is 5.92 Å². The molecule has 7 rings (SSSR count). The maximum atomic E-state index is 13.1. The van der Waals surface area contributed by atoms with E-state index in [4.69, 9.17) is 14.2 Å². The van der Waals surface area contributed by atoms with Crippen molar-refractivity contribution in [1.29, 1.82) is 0 Å². The number of alkyl carbamates (subject to hydrolysis) is 1. The molecule has 1 amide bonds. The Morgan fingerprint density at radius 2 is 1.58 bits per heavy atom. The number of rotatable bonds is 11. The van der Waals surface area contributed by atoms with Gasteiger partial charge in [0.2, 0.25) is 0 Å². The van der Waals surface area contributed by atoms with Gasteiger partial charge >= 0.3 is 12.1 Å². The van der Waals surface area contributed by atoms with Gasteiger partial charge < -0.3 is 19.5 Å². The number of nitrogens with one attached hydrogen (secondary N) is 1. The molecule has 0 aromatic heterocycles. The summed E-state index contributed by atoms with van der Waals surface area (Å²) in [6.07, 6.45) is 2.42. The quantitative estimate of drug-likeness (QED) is 0.158. The van der Waals surface area contributed by atoms with E-state index >= 15 is 0 Å². The minimum Gasteiger partial charge on any atom is -0.489 e. The molecule has 3 aliphatic heterocycles. The van der Waals surface area contributed by atoms with Crippen LogP contribution in [0.25, 0.3) is 0 Å². The maximum Gasteiger partial charge on any atom is 0.408 e. The van der Waals surface area contributed by atoms with Gasteiger partial charge in [0.25, 0.3) is 0 Å². The SMILES string of the molecule is O=Cc1cccc(COC(=O)c2ccc(COc3cccc([C@@H](NC(=O)OC4CN5CCC4CC5)c4ccccc4)c3)cc2)c1. The summed E-state index contributed by atoms with van der Waals surface area (Å²) in [5, 5.41) is 3.11. The number of carbonyl (C=O) groups is 3. The fraction of sp³-hybridized carbons (Fsp3) is 0.270. The molecule has 8 heteroatoms. The van der Waals surface area contributed by atoms with Crippen LogP contribution in [0.3, 0.4) is 0 Å². The summed E-state index contributed by atoms with van der Waals surface area (Å²) >= 11 is 0. The first kappa shape index (κ1) is 30.1. The van der Waals surface area contributed by atoms with Crippen LogP contribution in [0.1, 0.15) is 61.9 Å². The largest absolute Gasteiger partial charge is 0.489 e. The average molecular weight is 605 g/mol. The molecule has 1 N–H and O–H groups in total. The van der Waals surface area contributed by atoms with Gasteiger partial charge in [0.05, 0.1) is 11.6 Å². The molecule has 2 bridgehead atoms. The Morgan fingerprint density at radius 3 is 2.31 bits per heavy atom. The van der Waals surface area contributed by atoms with Crippen LogP contribution in [0.4, 0.5) is 4.79 Å². The molecular formula is C37H36N2O6. The minimum absolute atomic E-state index is 0.0766. The topological polar surface area (TPSA) is 94.2 Å². The molecule has 2 atom stereocenters. The number of nitrogens with zero attached hydrogens (tertiary/aromatic N) is 1. The highest BCUT2D eigenvalue weighted by Crippen LogP contribution is 2.31. The highest BCUT2D eigenvalue weighted by Gasteiger charge is 2.36. The molecule has 8 nitrogen and oxygen atoms in total. The zero-order valence-electron chi connectivity index (χ0n) is 25.0. The summed E-state index contributed by atoms with van der Waals surface area (Å²) < 4.78 is 17.5. The summed E-state index contributed by atoms with van der Waals surface area (Å²) in [6.45, 7) is 3.35. The second kappa shape index (κ2) is 14.2. The lowest BCUT2D eigenvalue weighted by Gasteiger charge is -2.43. The molecule has 3 aliphatic rings. The van der Waals surface area contributed by atoms with E-state index in [0.717, 1.165) is 61.0 Å². The van der Waals surface area contributed by atoms with E-state index in [-0.39, 0.29) is 12.7 Å². The van der Waals surface area contributed by atoms with Crippen LogP contribution < -0.4 is 10.1 Å². The first-order valence-corrected chi connectivity index (χ1v) is 15.3. The number of fused-ring (bicyclic) bond motifs is 3. The van der Waals surface area contributed by atoms with Crippen molar-refractivity contribution in [2.45, 2.75) is 38.2 Å². The molecule has 3 heterocycles. The van der Waals surface area contributed by atoms with E-state index in [0.29, 0.717) is 29.4 Å². The normalized spacial score (nSPS) is 19.2. The number of ether oxygens (including phenoxy) is 3. The van der Waals surface area contributed by atoms with Gasteiger partial charge in [0.15, 0.2) is 0 Å². The molecule has 3 saturated heterocycles. The number of benzene rings is 4. The summed E-state index contributed by atoms with van der Waals surface area (Å²) in [4.78, 5) is 39.0. The van der Waals surface area contributed by atoms with Gasteiger partial charge in [-0.3, -0.25) is 9.69 Å². The van der Waals surface area contributed by atoms with Gasteiger partial charge in [-0.15, -0.1) is 0 Å². The third kappa shape index (κ3) is 7.77. The molecule has 0 saturated carbocycles. The third-order valence-corrected chi connectivity index (χ3v) is 8.49. The van der Waals surface area contributed by atoms with Crippen LogP contribution in [0, 0.1) is 5.92 Å². The summed E-state index contributed by atoms with van der Waals surface area (Å²) in [5.74, 6) is 0.639. The lowest BCUT2D eigenvalue weighted by Crippen LogP contribution is -2.52. The number of piperidine rings is 3. The van der Waals surface area contributed by atoms with Crippen molar-refractivity contribution in [3.63, 3.8) is 0 Å². The molecular weight excluding hydrogens is 568 g/mol. The number of esters is 1. The maximum absolute atomic E-state index is 13.1. The Morgan fingerprint density at radius 1 is 0.822 bits per heavy atom. The van der Waals surface area contributed by atoms with Crippen LogP contribution in [-0.2, 0) is 22.7 Å². The van der Waals surface area contributed by atoms with Crippen molar-refractivity contribution >= 4 is 18.3 Å². The van der Waals surface area contributed by atoms with Crippen LogP contribution in [0.5, 0.6) is 5.75 Å². The second-order valence-electron chi connectivity index (χ2n) is 11.6. The van der Waals surface area contributed by atoms with Gasteiger partial charge in [-0.05, 0) is 84.4 Å². The molecule has 4 aromatic carbocycles. The van der Waals surface area contributed by atoms with E-state index in [1.165, 1.54) is 0 Å². The molecule has 0 aliphatic carbocycles. The fourth-order valence-corrected chi connectivity index (χ4v) is 6.01. The van der Waals surface area contributed by atoms with E-state index in [2.05, 4.69) is 10.2 Å². The number of aldehydes is 1.